The molecule has 2 rings (SSSR count). The standard InChI is InChI=1S/C15H16FNO4/c1-17-14(9-4-5-11(19-2)10(16)8-9)12-6-7-13(21-12)15(18)20-3/h4-8,14,17H,1-3H3. The highest BCUT2D eigenvalue weighted by molar-refractivity contribution is 5.86. The summed E-state index contributed by atoms with van der Waals surface area (Å²) in [6.45, 7) is 0. The number of nitrogens with one attached hydrogen (secondary N) is 1. The van der Waals surface area contributed by atoms with E-state index in [-0.39, 0.29) is 17.6 Å². The zero-order valence-corrected chi connectivity index (χ0v) is 12.0. The number of rotatable bonds is 5. The van der Waals surface area contributed by atoms with Crippen LogP contribution >= 0.6 is 0 Å². The van der Waals surface area contributed by atoms with E-state index in [1.807, 2.05) is 0 Å². The molecule has 0 aliphatic carbocycles. The molecule has 1 aromatic heterocycles. The maximum Gasteiger partial charge on any atom is 0.373 e. The van der Waals surface area contributed by atoms with Gasteiger partial charge in [0.15, 0.2) is 11.6 Å². The average Bonchev–Trinajstić information content (AvgIpc) is 2.97. The summed E-state index contributed by atoms with van der Waals surface area (Å²) in [4.78, 5) is 11.4. The summed E-state index contributed by atoms with van der Waals surface area (Å²) in [5.41, 5.74) is 0.654. The van der Waals surface area contributed by atoms with Crippen LogP contribution in [0.25, 0.3) is 0 Å². The summed E-state index contributed by atoms with van der Waals surface area (Å²) in [5, 5.41) is 3.02. The van der Waals surface area contributed by atoms with Gasteiger partial charge >= 0.3 is 5.97 Å². The largest absolute Gasteiger partial charge is 0.494 e. The van der Waals surface area contributed by atoms with E-state index < -0.39 is 11.8 Å². The van der Waals surface area contributed by atoms with Crippen LogP contribution in [0.1, 0.15) is 27.9 Å². The number of esters is 1. The first-order valence-electron chi connectivity index (χ1n) is 6.29. The van der Waals surface area contributed by atoms with Gasteiger partial charge in [0.25, 0.3) is 0 Å². The number of carbonyl (C=O) groups excluding carboxylic acids is 1. The predicted molar refractivity (Wildman–Crippen MR) is 73.9 cm³/mol. The first-order chi connectivity index (χ1) is 10.1. The highest BCUT2D eigenvalue weighted by atomic mass is 19.1. The zero-order chi connectivity index (χ0) is 15.4. The van der Waals surface area contributed by atoms with Crippen LogP contribution in [0.15, 0.2) is 34.7 Å². The van der Waals surface area contributed by atoms with E-state index >= 15 is 0 Å². The molecule has 21 heavy (non-hydrogen) atoms. The zero-order valence-electron chi connectivity index (χ0n) is 12.0. The second-order valence-corrected chi connectivity index (χ2v) is 4.31. The molecule has 0 radical (unpaired) electrons. The number of halogens is 1. The van der Waals surface area contributed by atoms with Gasteiger partial charge in [-0.25, -0.2) is 9.18 Å². The lowest BCUT2D eigenvalue weighted by Crippen LogP contribution is -2.17. The van der Waals surface area contributed by atoms with Gasteiger partial charge in [0.05, 0.1) is 20.3 Å². The molecule has 1 heterocycles. The molecule has 0 aliphatic rings. The predicted octanol–water partition coefficient (Wildman–Crippen LogP) is 2.52. The van der Waals surface area contributed by atoms with Crippen molar-refractivity contribution in [1.29, 1.82) is 0 Å². The van der Waals surface area contributed by atoms with Crippen LogP contribution in [0.3, 0.4) is 0 Å². The monoisotopic (exact) mass is 293 g/mol. The maximum atomic E-state index is 13.8. The Hall–Kier alpha value is -2.34. The van der Waals surface area contributed by atoms with Gasteiger partial charge < -0.3 is 19.2 Å². The first-order valence-corrected chi connectivity index (χ1v) is 6.29. The minimum absolute atomic E-state index is 0.0988. The van der Waals surface area contributed by atoms with Gasteiger partial charge in [-0.3, -0.25) is 0 Å². The van der Waals surface area contributed by atoms with Gasteiger partial charge in [-0.05, 0) is 36.9 Å². The minimum Gasteiger partial charge on any atom is -0.494 e. The fourth-order valence-electron chi connectivity index (χ4n) is 2.05. The van der Waals surface area contributed by atoms with Gasteiger partial charge in [-0.2, -0.15) is 0 Å². The van der Waals surface area contributed by atoms with Crippen LogP contribution in [0.4, 0.5) is 4.39 Å². The molecule has 0 aliphatic heterocycles. The van der Waals surface area contributed by atoms with Crippen LogP contribution in [0, 0.1) is 5.82 Å². The van der Waals surface area contributed by atoms with Crippen molar-refractivity contribution in [3.63, 3.8) is 0 Å². The van der Waals surface area contributed by atoms with Crippen LogP contribution in [-0.2, 0) is 4.74 Å². The molecule has 0 amide bonds. The van der Waals surface area contributed by atoms with E-state index in [9.17, 15) is 9.18 Å². The van der Waals surface area contributed by atoms with Crippen molar-refractivity contribution in [2.24, 2.45) is 0 Å². The van der Waals surface area contributed by atoms with Crippen molar-refractivity contribution in [2.45, 2.75) is 6.04 Å². The summed E-state index contributed by atoms with van der Waals surface area (Å²) in [6, 6.07) is 7.41. The molecule has 0 saturated carbocycles. The molecule has 1 atom stereocenters. The molecule has 0 fully saturated rings. The highest BCUT2D eigenvalue weighted by Gasteiger charge is 2.20. The number of furan rings is 1. The summed E-state index contributed by atoms with van der Waals surface area (Å²) in [6.07, 6.45) is 0. The van der Waals surface area contributed by atoms with E-state index in [1.165, 1.54) is 26.4 Å². The third-order valence-corrected chi connectivity index (χ3v) is 3.10. The number of benzene rings is 1. The fourth-order valence-corrected chi connectivity index (χ4v) is 2.05. The van der Waals surface area contributed by atoms with Gasteiger partial charge in [0.1, 0.15) is 5.76 Å². The Morgan fingerprint density at radius 2 is 2.05 bits per heavy atom. The molecule has 6 heteroatoms. The maximum absolute atomic E-state index is 13.8. The van der Waals surface area contributed by atoms with E-state index in [0.717, 1.165) is 0 Å². The van der Waals surface area contributed by atoms with Gasteiger partial charge in [0.2, 0.25) is 5.76 Å². The number of hydrogen-bond donors (Lipinski definition) is 1. The Morgan fingerprint density at radius 1 is 1.29 bits per heavy atom. The molecule has 1 unspecified atom stereocenters. The van der Waals surface area contributed by atoms with E-state index in [1.54, 1.807) is 25.2 Å². The molecule has 1 aromatic carbocycles. The molecule has 0 spiro atoms. The lowest BCUT2D eigenvalue weighted by Gasteiger charge is -2.15. The summed E-state index contributed by atoms with van der Waals surface area (Å²) < 4.78 is 28.7. The topological polar surface area (TPSA) is 60.7 Å². The Labute approximate surface area is 121 Å². The number of ether oxygens (including phenoxy) is 2. The molecular formula is C15H16FNO4. The Kier molecular flexibility index (Phi) is 4.59. The smallest absolute Gasteiger partial charge is 0.373 e. The van der Waals surface area contributed by atoms with Crippen LogP contribution in [-0.4, -0.2) is 27.2 Å². The van der Waals surface area contributed by atoms with Crippen molar-refractivity contribution in [3.05, 3.63) is 53.2 Å². The second kappa shape index (κ2) is 6.41. The van der Waals surface area contributed by atoms with Gasteiger partial charge in [-0.15, -0.1) is 0 Å². The van der Waals surface area contributed by atoms with Crippen molar-refractivity contribution in [2.75, 3.05) is 21.3 Å². The average molecular weight is 293 g/mol. The van der Waals surface area contributed by atoms with E-state index in [4.69, 9.17) is 9.15 Å². The summed E-state index contributed by atoms with van der Waals surface area (Å²) >= 11 is 0. The SMILES string of the molecule is CNC(c1ccc(OC)c(F)c1)c1ccc(C(=O)OC)o1. The molecular weight excluding hydrogens is 277 g/mol. The lowest BCUT2D eigenvalue weighted by atomic mass is 10.0. The van der Waals surface area contributed by atoms with Gasteiger partial charge in [-0.1, -0.05) is 6.07 Å². The van der Waals surface area contributed by atoms with Crippen molar-refractivity contribution < 1.29 is 23.1 Å². The van der Waals surface area contributed by atoms with E-state index in [2.05, 4.69) is 10.1 Å². The highest BCUT2D eigenvalue weighted by Crippen LogP contribution is 2.27. The lowest BCUT2D eigenvalue weighted by molar-refractivity contribution is 0.0562. The molecule has 2 aromatic rings. The van der Waals surface area contributed by atoms with Crippen LogP contribution in [0.2, 0.25) is 0 Å². The third-order valence-electron chi connectivity index (χ3n) is 3.10. The summed E-state index contributed by atoms with van der Waals surface area (Å²) in [7, 11) is 4.40. The van der Waals surface area contributed by atoms with Crippen molar-refractivity contribution in [3.8, 4) is 5.75 Å². The Balaban J connectivity index is 2.33. The number of carbonyl (C=O) groups is 1. The molecule has 112 valence electrons. The molecule has 0 saturated heterocycles. The summed E-state index contributed by atoms with van der Waals surface area (Å²) in [5.74, 6) is -0.264. The van der Waals surface area contributed by atoms with Crippen molar-refractivity contribution >= 4 is 5.97 Å². The minimum atomic E-state index is -0.558. The number of methoxy groups -OCH3 is 2. The fraction of sp³-hybridized carbons (Fsp3) is 0.267. The van der Waals surface area contributed by atoms with E-state index in [0.29, 0.717) is 11.3 Å². The second-order valence-electron chi connectivity index (χ2n) is 4.31. The Morgan fingerprint density at radius 3 is 2.62 bits per heavy atom. The molecule has 0 bridgehead atoms. The normalized spacial score (nSPS) is 12.0. The van der Waals surface area contributed by atoms with Crippen LogP contribution in [0.5, 0.6) is 5.75 Å². The van der Waals surface area contributed by atoms with Gasteiger partial charge in [0, 0.05) is 0 Å². The molecule has 5 nitrogen and oxygen atoms in total. The molecule has 1 N–H and O–H groups in total. The number of hydrogen-bond acceptors (Lipinski definition) is 5. The van der Waals surface area contributed by atoms with Crippen LogP contribution < -0.4 is 10.1 Å². The van der Waals surface area contributed by atoms with Crippen molar-refractivity contribution in [1.82, 2.24) is 5.32 Å². The third kappa shape index (κ3) is 3.05. The Bertz CT molecular complexity index is 638. The quantitative estimate of drug-likeness (QED) is 0.858. The first kappa shape index (κ1) is 15.1.